The average molecular weight is 347 g/mol. The molecule has 1 unspecified atom stereocenters. The number of aromatic nitrogens is 1. The molecule has 5 rings (SSSR count). The van der Waals surface area contributed by atoms with E-state index in [1.165, 1.54) is 13.1 Å². The number of piperazine rings is 3. The first-order valence-corrected chi connectivity index (χ1v) is 8.70. The number of anilines is 1. The highest BCUT2D eigenvalue weighted by molar-refractivity contribution is 6.35. The Kier molecular flexibility index (Phi) is 4.04. The first-order valence-electron chi connectivity index (χ1n) is 8.32. The molecule has 0 spiro atoms. The molecule has 0 aliphatic carbocycles. The van der Waals surface area contributed by atoms with Crippen molar-refractivity contribution in [3.8, 4) is 0 Å². The number of benzene rings is 1. The van der Waals surface area contributed by atoms with Gasteiger partial charge < -0.3 is 16.0 Å². The molecule has 3 fully saturated rings. The second-order valence-corrected chi connectivity index (χ2v) is 6.98. The quantitative estimate of drug-likeness (QED) is 0.672. The van der Waals surface area contributed by atoms with E-state index in [0.717, 1.165) is 19.6 Å². The van der Waals surface area contributed by atoms with Crippen LogP contribution in [-0.4, -0.2) is 61.1 Å². The van der Waals surface area contributed by atoms with Crippen LogP contribution in [0.4, 0.5) is 5.69 Å². The third-order valence-electron chi connectivity index (χ3n) is 5.17. The fourth-order valence-corrected chi connectivity index (χ4v) is 4.00. The van der Waals surface area contributed by atoms with Crippen molar-refractivity contribution in [1.82, 2.24) is 15.2 Å². The topological polar surface area (TPSA) is 75.7 Å². The largest absolute Gasteiger partial charge is 0.397 e. The normalized spacial score (nSPS) is 25.8. The minimum atomic E-state index is -0.145. The second-order valence-electron chi connectivity index (χ2n) is 6.57. The lowest BCUT2D eigenvalue weighted by Gasteiger charge is -2.44. The standard InChI is InChI=1S/C17H20ClN5O/c18-14-8-13(16-12(15(14)19)2-1-3-20-16)17(24)21-9-11-10-22-4-6-23(11)7-5-22/h1-3,8,11H,4-7,9-10,19H2,(H,21,24)/p+1. The van der Waals surface area contributed by atoms with Crippen LogP contribution in [0.25, 0.3) is 10.9 Å². The number of quaternary nitrogens is 1. The molecule has 3 saturated heterocycles. The van der Waals surface area contributed by atoms with E-state index < -0.39 is 0 Å². The Morgan fingerprint density at radius 1 is 1.46 bits per heavy atom. The van der Waals surface area contributed by atoms with Crippen molar-refractivity contribution in [1.29, 1.82) is 0 Å². The van der Waals surface area contributed by atoms with E-state index in [1.54, 1.807) is 23.2 Å². The van der Waals surface area contributed by atoms with Gasteiger partial charge in [-0.15, -0.1) is 0 Å². The third-order valence-corrected chi connectivity index (χ3v) is 5.48. The van der Waals surface area contributed by atoms with Crippen molar-refractivity contribution < 1.29 is 9.69 Å². The molecule has 4 N–H and O–H groups in total. The van der Waals surface area contributed by atoms with Gasteiger partial charge in [0, 0.05) is 31.2 Å². The Bertz CT molecular complexity index is 788. The van der Waals surface area contributed by atoms with Gasteiger partial charge in [-0.05, 0) is 18.2 Å². The Labute approximate surface area is 145 Å². The van der Waals surface area contributed by atoms with Crippen LogP contribution in [-0.2, 0) is 0 Å². The summed E-state index contributed by atoms with van der Waals surface area (Å²) in [5.41, 5.74) is 7.54. The Hall–Kier alpha value is -1.89. The molecule has 24 heavy (non-hydrogen) atoms. The molecule has 7 heteroatoms. The summed E-state index contributed by atoms with van der Waals surface area (Å²) in [7, 11) is 0. The van der Waals surface area contributed by atoms with Gasteiger partial charge in [0.05, 0.1) is 47.5 Å². The van der Waals surface area contributed by atoms with Crippen molar-refractivity contribution in [2.24, 2.45) is 0 Å². The SMILES string of the molecule is Nc1c(Cl)cc(C(=O)NCC2C[NH+]3CCN2CC3)c2ncccc12. The molecule has 126 valence electrons. The maximum absolute atomic E-state index is 12.7. The third kappa shape index (κ3) is 2.70. The smallest absolute Gasteiger partial charge is 0.253 e. The number of halogens is 1. The van der Waals surface area contributed by atoms with Crippen LogP contribution < -0.4 is 16.0 Å². The summed E-state index contributed by atoms with van der Waals surface area (Å²) in [5, 5.41) is 4.16. The summed E-state index contributed by atoms with van der Waals surface area (Å²) in [6.45, 7) is 6.42. The van der Waals surface area contributed by atoms with E-state index in [2.05, 4.69) is 15.2 Å². The summed E-state index contributed by atoms with van der Waals surface area (Å²) in [5.74, 6) is -0.145. The summed E-state index contributed by atoms with van der Waals surface area (Å²) in [6.07, 6.45) is 1.66. The lowest BCUT2D eigenvalue weighted by atomic mass is 10.1. The van der Waals surface area contributed by atoms with Crippen LogP contribution in [0.3, 0.4) is 0 Å². The fourth-order valence-electron chi connectivity index (χ4n) is 3.79. The molecule has 6 nitrogen and oxygen atoms in total. The highest BCUT2D eigenvalue weighted by Gasteiger charge is 2.35. The molecule has 1 aromatic heterocycles. The highest BCUT2D eigenvalue weighted by Crippen LogP contribution is 2.30. The summed E-state index contributed by atoms with van der Waals surface area (Å²) in [6, 6.07) is 5.65. The zero-order valence-corrected chi connectivity index (χ0v) is 14.1. The zero-order chi connectivity index (χ0) is 16.7. The van der Waals surface area contributed by atoms with Gasteiger partial charge in [-0.25, -0.2) is 0 Å². The predicted octanol–water partition coefficient (Wildman–Crippen LogP) is -0.217. The molecular weight excluding hydrogens is 326 g/mol. The minimum absolute atomic E-state index is 0.145. The van der Waals surface area contributed by atoms with Gasteiger partial charge in [0.2, 0.25) is 0 Å². The fraction of sp³-hybridized carbons (Fsp3) is 0.412. The minimum Gasteiger partial charge on any atom is -0.397 e. The molecule has 0 radical (unpaired) electrons. The van der Waals surface area contributed by atoms with Crippen molar-refractivity contribution in [2.75, 3.05) is 45.0 Å². The van der Waals surface area contributed by atoms with Crippen LogP contribution >= 0.6 is 11.6 Å². The number of nitrogens with zero attached hydrogens (tertiary/aromatic N) is 2. The Morgan fingerprint density at radius 2 is 2.25 bits per heavy atom. The number of pyridine rings is 1. The van der Waals surface area contributed by atoms with Gasteiger partial charge in [0.15, 0.2) is 0 Å². The first-order chi connectivity index (χ1) is 11.6. The molecule has 4 heterocycles. The molecule has 1 aromatic carbocycles. The van der Waals surface area contributed by atoms with Crippen LogP contribution in [0.2, 0.25) is 5.02 Å². The summed E-state index contributed by atoms with van der Waals surface area (Å²) in [4.78, 5) is 21.1. The van der Waals surface area contributed by atoms with E-state index >= 15 is 0 Å². The van der Waals surface area contributed by atoms with Crippen molar-refractivity contribution in [2.45, 2.75) is 6.04 Å². The maximum Gasteiger partial charge on any atom is 0.253 e. The van der Waals surface area contributed by atoms with Gasteiger partial charge in [-0.3, -0.25) is 14.7 Å². The van der Waals surface area contributed by atoms with Gasteiger partial charge in [0.1, 0.15) is 0 Å². The average Bonchev–Trinajstić information content (AvgIpc) is 2.64. The number of amides is 1. The molecular formula is C17H21ClN5O+. The number of nitrogens with two attached hydrogens (primary N) is 1. The number of carbonyl (C=O) groups is 1. The van der Waals surface area contributed by atoms with Gasteiger partial charge in [-0.1, -0.05) is 11.6 Å². The number of hydrogen-bond acceptors (Lipinski definition) is 4. The van der Waals surface area contributed by atoms with Crippen LogP contribution in [0, 0.1) is 0 Å². The molecule has 3 aliphatic rings. The van der Waals surface area contributed by atoms with E-state index in [0.29, 0.717) is 39.8 Å². The van der Waals surface area contributed by atoms with Crippen molar-refractivity contribution >= 4 is 34.1 Å². The number of nitrogens with one attached hydrogen (secondary N) is 2. The lowest BCUT2D eigenvalue weighted by Crippen LogP contribution is -3.19. The predicted molar refractivity (Wildman–Crippen MR) is 94.4 cm³/mol. The van der Waals surface area contributed by atoms with E-state index in [-0.39, 0.29) is 5.91 Å². The molecule has 1 atom stereocenters. The van der Waals surface area contributed by atoms with Crippen molar-refractivity contribution in [3.05, 3.63) is 35.0 Å². The van der Waals surface area contributed by atoms with E-state index in [4.69, 9.17) is 17.3 Å². The molecule has 2 aromatic rings. The second kappa shape index (κ2) is 6.20. The lowest BCUT2D eigenvalue weighted by molar-refractivity contribution is -0.918. The van der Waals surface area contributed by atoms with Crippen LogP contribution in [0.1, 0.15) is 10.4 Å². The number of carbonyl (C=O) groups excluding carboxylic acids is 1. The number of hydrogen-bond donors (Lipinski definition) is 3. The van der Waals surface area contributed by atoms with Crippen LogP contribution in [0.15, 0.2) is 24.4 Å². The number of nitrogen functional groups attached to an aromatic ring is 1. The zero-order valence-electron chi connectivity index (χ0n) is 13.4. The number of fused-ring (bicyclic) bond motifs is 4. The van der Waals surface area contributed by atoms with Gasteiger partial charge in [0.25, 0.3) is 5.91 Å². The van der Waals surface area contributed by atoms with Gasteiger partial charge >= 0.3 is 0 Å². The van der Waals surface area contributed by atoms with Gasteiger partial charge in [-0.2, -0.15) is 0 Å². The summed E-state index contributed by atoms with van der Waals surface area (Å²) < 4.78 is 0. The Morgan fingerprint density at radius 3 is 2.96 bits per heavy atom. The molecule has 0 saturated carbocycles. The monoisotopic (exact) mass is 346 g/mol. The number of rotatable bonds is 3. The summed E-state index contributed by atoms with van der Waals surface area (Å²) >= 11 is 6.19. The molecule has 2 bridgehead atoms. The molecule has 3 aliphatic heterocycles. The molecule has 1 amide bonds. The highest BCUT2D eigenvalue weighted by atomic mass is 35.5. The van der Waals surface area contributed by atoms with Crippen molar-refractivity contribution in [3.63, 3.8) is 0 Å². The maximum atomic E-state index is 12.7. The van der Waals surface area contributed by atoms with E-state index in [1.807, 2.05) is 6.07 Å². The van der Waals surface area contributed by atoms with Crippen LogP contribution in [0.5, 0.6) is 0 Å². The Balaban J connectivity index is 1.54. The van der Waals surface area contributed by atoms with E-state index in [9.17, 15) is 4.79 Å². The first kappa shape index (κ1) is 15.6.